The average molecular weight is 220 g/mol. The Labute approximate surface area is 84.5 Å². The van der Waals surface area contributed by atoms with Gasteiger partial charge in [0, 0.05) is 19.2 Å². The third-order valence-corrected chi connectivity index (χ3v) is 2.52. The summed E-state index contributed by atoms with van der Waals surface area (Å²) < 4.78 is 38.3. The van der Waals surface area contributed by atoms with Gasteiger partial charge in [0.05, 0.1) is 5.69 Å². The number of hydrogen-bond donors (Lipinski definition) is 1. The summed E-state index contributed by atoms with van der Waals surface area (Å²) in [5.41, 5.74) is -0.292. The van der Waals surface area contributed by atoms with Gasteiger partial charge in [-0.2, -0.15) is 13.2 Å². The summed E-state index contributed by atoms with van der Waals surface area (Å²) in [5.74, 6) is 0.638. The van der Waals surface area contributed by atoms with E-state index in [1.807, 2.05) is 0 Å². The van der Waals surface area contributed by atoms with Crippen LogP contribution >= 0.6 is 0 Å². The van der Waals surface area contributed by atoms with Gasteiger partial charge in [-0.1, -0.05) is 0 Å². The van der Waals surface area contributed by atoms with Crippen LogP contribution < -0.4 is 0 Å². The Hall–Kier alpha value is -1.04. The van der Waals surface area contributed by atoms with Gasteiger partial charge in [0.2, 0.25) is 0 Å². The number of aliphatic hydroxyl groups is 1. The van der Waals surface area contributed by atoms with E-state index in [4.69, 9.17) is 5.11 Å². The number of rotatable bonds is 1. The van der Waals surface area contributed by atoms with Crippen molar-refractivity contribution in [2.45, 2.75) is 38.1 Å². The third kappa shape index (κ3) is 1.99. The van der Waals surface area contributed by atoms with Crippen molar-refractivity contribution in [1.29, 1.82) is 0 Å². The molecule has 2 rings (SSSR count). The highest BCUT2D eigenvalue weighted by Crippen LogP contribution is 2.32. The molecule has 15 heavy (non-hydrogen) atoms. The molecule has 0 amide bonds. The van der Waals surface area contributed by atoms with Gasteiger partial charge in [-0.15, -0.1) is 0 Å². The molecule has 0 spiro atoms. The maximum absolute atomic E-state index is 12.2. The molecule has 0 saturated heterocycles. The Morgan fingerprint density at radius 2 is 2.13 bits per heavy atom. The Morgan fingerprint density at radius 1 is 1.40 bits per heavy atom. The van der Waals surface area contributed by atoms with Crippen LogP contribution in [-0.2, 0) is 13.0 Å². The van der Waals surface area contributed by atoms with Crippen LogP contribution in [0.15, 0.2) is 6.20 Å². The zero-order valence-electron chi connectivity index (χ0n) is 7.96. The minimum absolute atomic E-state index is 0.292. The number of hydrogen-bond acceptors (Lipinski definition) is 2. The van der Waals surface area contributed by atoms with Gasteiger partial charge < -0.3 is 9.67 Å². The maximum Gasteiger partial charge on any atom is 0.420 e. The molecule has 0 radical (unpaired) electrons. The molecule has 1 aromatic heterocycles. The zero-order valence-corrected chi connectivity index (χ0v) is 7.96. The molecule has 1 unspecified atom stereocenters. The van der Waals surface area contributed by atoms with Crippen LogP contribution in [0.5, 0.6) is 0 Å². The first-order valence-corrected chi connectivity index (χ1v) is 4.79. The summed E-state index contributed by atoms with van der Waals surface area (Å²) in [7, 11) is 0. The van der Waals surface area contributed by atoms with Gasteiger partial charge in [0.1, 0.15) is 5.82 Å². The van der Waals surface area contributed by atoms with E-state index in [1.54, 1.807) is 4.57 Å². The highest BCUT2D eigenvalue weighted by molar-refractivity contribution is 5.10. The second-order valence-corrected chi connectivity index (χ2v) is 3.68. The first-order chi connectivity index (χ1) is 6.98. The van der Waals surface area contributed by atoms with E-state index in [0.717, 1.165) is 12.8 Å². The standard InChI is InChI=1S/C9H11F3N2O/c10-9(11,12)8(15)6-5-14-4-2-1-3-7(14)13-6/h5,8,15H,1-4H2. The van der Waals surface area contributed by atoms with Crippen molar-refractivity contribution in [2.75, 3.05) is 0 Å². The predicted octanol–water partition coefficient (Wildman–Crippen LogP) is 1.82. The topological polar surface area (TPSA) is 38.0 Å². The van der Waals surface area contributed by atoms with E-state index < -0.39 is 12.3 Å². The van der Waals surface area contributed by atoms with Crippen molar-refractivity contribution in [2.24, 2.45) is 0 Å². The maximum atomic E-state index is 12.2. The lowest BCUT2D eigenvalue weighted by Crippen LogP contribution is -2.20. The minimum atomic E-state index is -4.63. The monoisotopic (exact) mass is 220 g/mol. The molecular weight excluding hydrogens is 209 g/mol. The highest BCUT2D eigenvalue weighted by atomic mass is 19.4. The molecule has 1 aliphatic rings. The fourth-order valence-corrected chi connectivity index (χ4v) is 1.73. The molecule has 0 aliphatic carbocycles. The van der Waals surface area contributed by atoms with Crippen LogP contribution in [0.1, 0.15) is 30.5 Å². The fourth-order valence-electron chi connectivity index (χ4n) is 1.73. The molecule has 2 heterocycles. The molecule has 1 N–H and O–H groups in total. The van der Waals surface area contributed by atoms with Gasteiger partial charge in [0.15, 0.2) is 6.10 Å². The molecule has 3 nitrogen and oxygen atoms in total. The SMILES string of the molecule is OC(c1cn2c(n1)CCCC2)C(F)(F)F. The Balaban J connectivity index is 2.26. The Bertz CT molecular complexity index is 335. The number of halogens is 3. The molecule has 1 aromatic rings. The smallest absolute Gasteiger partial charge is 0.378 e. The molecule has 6 heteroatoms. The molecule has 0 saturated carbocycles. The van der Waals surface area contributed by atoms with Gasteiger partial charge in [-0.25, -0.2) is 4.98 Å². The normalized spacial score (nSPS) is 18.7. The number of alkyl halides is 3. The summed E-state index contributed by atoms with van der Waals surface area (Å²) in [6, 6.07) is 0. The van der Waals surface area contributed by atoms with Crippen LogP contribution in [0.3, 0.4) is 0 Å². The van der Waals surface area contributed by atoms with Crippen LogP contribution in [0.4, 0.5) is 13.2 Å². The van der Waals surface area contributed by atoms with Crippen molar-refractivity contribution in [3.63, 3.8) is 0 Å². The van der Waals surface area contributed by atoms with Crippen LogP contribution in [-0.4, -0.2) is 20.8 Å². The van der Waals surface area contributed by atoms with Crippen molar-refractivity contribution < 1.29 is 18.3 Å². The summed E-state index contributed by atoms with van der Waals surface area (Å²) in [5, 5.41) is 9.01. The number of fused-ring (bicyclic) bond motifs is 1. The van der Waals surface area contributed by atoms with E-state index in [1.165, 1.54) is 6.20 Å². The highest BCUT2D eigenvalue weighted by Gasteiger charge is 2.41. The van der Waals surface area contributed by atoms with Crippen LogP contribution in [0.2, 0.25) is 0 Å². The van der Waals surface area contributed by atoms with E-state index >= 15 is 0 Å². The number of aryl methyl sites for hydroxylation is 2. The molecule has 0 fully saturated rings. The Kier molecular flexibility index (Phi) is 2.46. The predicted molar refractivity (Wildman–Crippen MR) is 46.2 cm³/mol. The van der Waals surface area contributed by atoms with Crippen molar-refractivity contribution in [3.8, 4) is 0 Å². The molecule has 0 aromatic carbocycles. The summed E-state index contributed by atoms with van der Waals surface area (Å²) in [6.45, 7) is 0.687. The first kappa shape index (κ1) is 10.5. The second-order valence-electron chi connectivity index (χ2n) is 3.68. The van der Waals surface area contributed by atoms with Crippen molar-refractivity contribution in [3.05, 3.63) is 17.7 Å². The van der Waals surface area contributed by atoms with Crippen LogP contribution in [0, 0.1) is 0 Å². The molecular formula is C9H11F3N2O. The quantitative estimate of drug-likeness (QED) is 0.783. The van der Waals surface area contributed by atoms with E-state index in [9.17, 15) is 13.2 Å². The lowest BCUT2D eigenvalue weighted by atomic mass is 10.2. The number of imidazole rings is 1. The summed E-state index contributed by atoms with van der Waals surface area (Å²) >= 11 is 0. The molecule has 0 bridgehead atoms. The van der Waals surface area contributed by atoms with E-state index in [-0.39, 0.29) is 5.69 Å². The van der Waals surface area contributed by atoms with E-state index in [0.29, 0.717) is 18.8 Å². The van der Waals surface area contributed by atoms with E-state index in [2.05, 4.69) is 4.98 Å². The van der Waals surface area contributed by atoms with Gasteiger partial charge >= 0.3 is 6.18 Å². The zero-order chi connectivity index (χ0) is 11.1. The molecule has 1 atom stereocenters. The van der Waals surface area contributed by atoms with Crippen LogP contribution in [0.25, 0.3) is 0 Å². The Morgan fingerprint density at radius 3 is 2.73 bits per heavy atom. The fraction of sp³-hybridized carbons (Fsp3) is 0.667. The largest absolute Gasteiger partial charge is 0.420 e. The summed E-state index contributed by atoms with van der Waals surface area (Å²) in [4.78, 5) is 3.81. The van der Waals surface area contributed by atoms with Crippen molar-refractivity contribution >= 4 is 0 Å². The number of aliphatic hydroxyl groups excluding tert-OH is 1. The van der Waals surface area contributed by atoms with Crippen molar-refractivity contribution in [1.82, 2.24) is 9.55 Å². The summed E-state index contributed by atoms with van der Waals surface area (Å²) in [6.07, 6.45) is -3.22. The minimum Gasteiger partial charge on any atom is -0.378 e. The number of nitrogens with zero attached hydrogens (tertiary/aromatic N) is 2. The average Bonchev–Trinajstić information content (AvgIpc) is 2.58. The lowest BCUT2D eigenvalue weighted by Gasteiger charge is -2.12. The number of aromatic nitrogens is 2. The third-order valence-electron chi connectivity index (χ3n) is 2.52. The van der Waals surface area contributed by atoms with Gasteiger partial charge in [-0.05, 0) is 12.8 Å². The first-order valence-electron chi connectivity index (χ1n) is 4.79. The second kappa shape index (κ2) is 3.52. The molecule has 1 aliphatic heterocycles. The van der Waals surface area contributed by atoms with Gasteiger partial charge in [0.25, 0.3) is 0 Å². The molecule has 84 valence electrons. The van der Waals surface area contributed by atoms with Gasteiger partial charge in [-0.3, -0.25) is 0 Å². The lowest BCUT2D eigenvalue weighted by molar-refractivity contribution is -0.207.